The Bertz CT molecular complexity index is 1390. The third kappa shape index (κ3) is 4.18. The molecule has 0 atom stereocenters. The Morgan fingerprint density at radius 1 is 0.353 bits per heavy atom. The lowest BCUT2D eigenvalue weighted by Crippen LogP contribution is -1.94. The van der Waals surface area contributed by atoms with Crippen LogP contribution in [0.15, 0.2) is 121 Å². The number of methoxy groups -OCH3 is 2. The van der Waals surface area contributed by atoms with Crippen molar-refractivity contribution in [2.75, 3.05) is 14.2 Å². The maximum absolute atomic E-state index is 5.86. The standard InChI is InChI=1S/C32H26O2/c1-33-31-19-18-26(20-29(31)24-14-8-4-9-15-24)27-21-30(25-16-10-5-11-17-25)32(34-2)22-28(27)23-12-6-3-7-13-23/h3-22H,1-2H3. The van der Waals surface area contributed by atoms with Gasteiger partial charge >= 0.3 is 0 Å². The molecule has 0 radical (unpaired) electrons. The van der Waals surface area contributed by atoms with Crippen LogP contribution in [0.25, 0.3) is 44.5 Å². The maximum atomic E-state index is 5.86. The van der Waals surface area contributed by atoms with Crippen molar-refractivity contribution in [3.8, 4) is 56.0 Å². The van der Waals surface area contributed by atoms with E-state index < -0.39 is 0 Å². The molecule has 0 aliphatic rings. The van der Waals surface area contributed by atoms with Gasteiger partial charge in [0.05, 0.1) is 14.2 Å². The highest BCUT2D eigenvalue weighted by atomic mass is 16.5. The van der Waals surface area contributed by atoms with E-state index in [9.17, 15) is 0 Å². The summed E-state index contributed by atoms with van der Waals surface area (Å²) in [4.78, 5) is 0. The van der Waals surface area contributed by atoms with Crippen molar-refractivity contribution in [2.24, 2.45) is 0 Å². The maximum Gasteiger partial charge on any atom is 0.127 e. The number of rotatable bonds is 6. The molecule has 0 heterocycles. The predicted molar refractivity (Wildman–Crippen MR) is 141 cm³/mol. The monoisotopic (exact) mass is 442 g/mol. The van der Waals surface area contributed by atoms with Gasteiger partial charge in [0.25, 0.3) is 0 Å². The molecule has 0 fully saturated rings. The molecule has 0 aliphatic heterocycles. The van der Waals surface area contributed by atoms with Gasteiger partial charge in [0.15, 0.2) is 0 Å². The zero-order valence-electron chi connectivity index (χ0n) is 19.4. The molecule has 5 aromatic carbocycles. The molecule has 0 saturated carbocycles. The second kappa shape index (κ2) is 9.68. The number of benzene rings is 5. The first-order valence-electron chi connectivity index (χ1n) is 11.3. The van der Waals surface area contributed by atoms with Gasteiger partial charge in [0, 0.05) is 11.1 Å². The van der Waals surface area contributed by atoms with Gasteiger partial charge in [-0.1, -0.05) is 97.1 Å². The zero-order chi connectivity index (χ0) is 23.3. The van der Waals surface area contributed by atoms with Gasteiger partial charge in [0.2, 0.25) is 0 Å². The van der Waals surface area contributed by atoms with Crippen molar-refractivity contribution in [3.63, 3.8) is 0 Å². The highest BCUT2D eigenvalue weighted by molar-refractivity contribution is 5.91. The van der Waals surface area contributed by atoms with Crippen LogP contribution in [0.4, 0.5) is 0 Å². The first-order chi connectivity index (χ1) is 16.8. The molecule has 0 bridgehead atoms. The second-order valence-corrected chi connectivity index (χ2v) is 8.11. The first kappa shape index (κ1) is 21.5. The van der Waals surface area contributed by atoms with E-state index in [1.807, 2.05) is 18.2 Å². The molecule has 5 aromatic rings. The van der Waals surface area contributed by atoms with Crippen LogP contribution in [0.5, 0.6) is 11.5 Å². The summed E-state index contributed by atoms with van der Waals surface area (Å²) in [6.45, 7) is 0. The Morgan fingerprint density at radius 3 is 1.29 bits per heavy atom. The van der Waals surface area contributed by atoms with Gasteiger partial charge in [-0.15, -0.1) is 0 Å². The van der Waals surface area contributed by atoms with E-state index >= 15 is 0 Å². The lowest BCUT2D eigenvalue weighted by molar-refractivity contribution is 0.416. The fourth-order valence-corrected chi connectivity index (χ4v) is 4.41. The molecular weight excluding hydrogens is 416 g/mol. The summed E-state index contributed by atoms with van der Waals surface area (Å²) >= 11 is 0. The molecule has 0 aromatic heterocycles. The van der Waals surface area contributed by atoms with Gasteiger partial charge in [-0.05, 0) is 57.6 Å². The van der Waals surface area contributed by atoms with E-state index in [4.69, 9.17) is 9.47 Å². The Labute approximate surface area is 201 Å². The third-order valence-electron chi connectivity index (χ3n) is 6.10. The van der Waals surface area contributed by atoms with Crippen LogP contribution in [-0.2, 0) is 0 Å². The second-order valence-electron chi connectivity index (χ2n) is 8.11. The van der Waals surface area contributed by atoms with Crippen LogP contribution < -0.4 is 9.47 Å². The average Bonchev–Trinajstić information content (AvgIpc) is 2.93. The average molecular weight is 443 g/mol. The van der Waals surface area contributed by atoms with Gasteiger partial charge < -0.3 is 9.47 Å². The molecule has 0 spiro atoms. The van der Waals surface area contributed by atoms with Crippen molar-refractivity contribution in [1.29, 1.82) is 0 Å². The molecule has 0 saturated heterocycles. The van der Waals surface area contributed by atoms with E-state index in [0.717, 1.165) is 56.0 Å². The normalized spacial score (nSPS) is 10.6. The van der Waals surface area contributed by atoms with Crippen molar-refractivity contribution in [2.45, 2.75) is 0 Å². The molecular formula is C32H26O2. The van der Waals surface area contributed by atoms with E-state index in [1.165, 1.54) is 0 Å². The van der Waals surface area contributed by atoms with Crippen molar-refractivity contribution in [1.82, 2.24) is 0 Å². The SMILES string of the molecule is COc1ccc(-c2cc(-c3ccccc3)c(OC)cc2-c2ccccc2)cc1-c1ccccc1. The number of ether oxygens (including phenoxy) is 2. The highest BCUT2D eigenvalue weighted by Crippen LogP contribution is 2.43. The number of hydrogen-bond donors (Lipinski definition) is 0. The summed E-state index contributed by atoms with van der Waals surface area (Å²) in [6, 6.07) is 42.0. The van der Waals surface area contributed by atoms with Crippen molar-refractivity contribution >= 4 is 0 Å². The van der Waals surface area contributed by atoms with Gasteiger partial charge in [-0.2, -0.15) is 0 Å². The summed E-state index contributed by atoms with van der Waals surface area (Å²) in [5.74, 6) is 1.71. The van der Waals surface area contributed by atoms with E-state index in [1.54, 1.807) is 14.2 Å². The first-order valence-corrected chi connectivity index (χ1v) is 11.3. The molecule has 0 aliphatic carbocycles. The quantitative estimate of drug-likeness (QED) is 0.263. The number of hydrogen-bond acceptors (Lipinski definition) is 2. The predicted octanol–water partition coefficient (Wildman–Crippen LogP) is 8.37. The summed E-state index contributed by atoms with van der Waals surface area (Å²) < 4.78 is 11.6. The molecule has 2 nitrogen and oxygen atoms in total. The topological polar surface area (TPSA) is 18.5 Å². The van der Waals surface area contributed by atoms with Gasteiger partial charge in [-0.25, -0.2) is 0 Å². The van der Waals surface area contributed by atoms with Gasteiger partial charge in [-0.3, -0.25) is 0 Å². The molecule has 0 amide bonds. The fraction of sp³-hybridized carbons (Fsp3) is 0.0625. The van der Waals surface area contributed by atoms with Crippen LogP contribution >= 0.6 is 0 Å². The lowest BCUT2D eigenvalue weighted by Gasteiger charge is -2.18. The Hall–Kier alpha value is -4.30. The van der Waals surface area contributed by atoms with E-state index in [0.29, 0.717) is 0 Å². The van der Waals surface area contributed by atoms with Crippen LogP contribution in [0.1, 0.15) is 0 Å². The zero-order valence-corrected chi connectivity index (χ0v) is 19.4. The third-order valence-corrected chi connectivity index (χ3v) is 6.10. The fourth-order valence-electron chi connectivity index (χ4n) is 4.41. The summed E-state index contributed by atoms with van der Waals surface area (Å²) in [6.07, 6.45) is 0. The smallest absolute Gasteiger partial charge is 0.127 e. The summed E-state index contributed by atoms with van der Waals surface area (Å²) in [7, 11) is 3.45. The van der Waals surface area contributed by atoms with Crippen molar-refractivity contribution in [3.05, 3.63) is 121 Å². The van der Waals surface area contributed by atoms with Gasteiger partial charge in [0.1, 0.15) is 11.5 Å². The van der Waals surface area contributed by atoms with Crippen molar-refractivity contribution < 1.29 is 9.47 Å². The molecule has 5 rings (SSSR count). The highest BCUT2D eigenvalue weighted by Gasteiger charge is 2.17. The van der Waals surface area contributed by atoms with Crippen LogP contribution in [0.2, 0.25) is 0 Å². The molecule has 2 heteroatoms. The molecule has 166 valence electrons. The van der Waals surface area contributed by atoms with Crippen LogP contribution in [-0.4, -0.2) is 14.2 Å². The Balaban J connectivity index is 1.78. The largest absolute Gasteiger partial charge is 0.496 e. The van der Waals surface area contributed by atoms with E-state index in [-0.39, 0.29) is 0 Å². The summed E-state index contributed by atoms with van der Waals surface area (Å²) in [5.41, 5.74) is 8.92. The lowest BCUT2D eigenvalue weighted by atomic mass is 9.89. The minimum Gasteiger partial charge on any atom is -0.496 e. The van der Waals surface area contributed by atoms with Crippen LogP contribution in [0.3, 0.4) is 0 Å². The summed E-state index contributed by atoms with van der Waals surface area (Å²) in [5, 5.41) is 0. The minimum atomic E-state index is 0.852. The Morgan fingerprint density at radius 2 is 0.794 bits per heavy atom. The molecule has 0 unspecified atom stereocenters. The van der Waals surface area contributed by atoms with E-state index in [2.05, 4.69) is 103 Å². The minimum absolute atomic E-state index is 0.852. The Kier molecular flexibility index (Phi) is 6.13. The molecule has 34 heavy (non-hydrogen) atoms. The molecule has 0 N–H and O–H groups in total. The van der Waals surface area contributed by atoms with Crippen LogP contribution in [0, 0.1) is 0 Å².